The van der Waals surface area contributed by atoms with Crippen molar-refractivity contribution in [3.05, 3.63) is 355 Å². The highest BCUT2D eigenvalue weighted by Gasteiger charge is 2.47. The van der Waals surface area contributed by atoms with Gasteiger partial charge >= 0.3 is 0 Å². The molecule has 574 valence electrons. The molecule has 4 aromatic heterocycles. The Hall–Kier alpha value is -13.4. The summed E-state index contributed by atoms with van der Waals surface area (Å²) in [5.41, 5.74) is 26.6. The summed E-state index contributed by atoms with van der Waals surface area (Å²) in [5, 5.41) is 14.9. The minimum atomic E-state index is -0.550. The molecule has 0 radical (unpaired) electrons. The lowest BCUT2D eigenvalue weighted by Crippen LogP contribution is -2.60. The molecule has 0 amide bonds. The third-order valence-electron chi connectivity index (χ3n) is 26.3. The summed E-state index contributed by atoms with van der Waals surface area (Å²) >= 11 is 0. The molecule has 23 rings (SSSR count). The standard InChI is InChI=1S/C112H93BN6/c1-109(2,3)70-31-26-30-69(58-70)87-59-71(110(4,5)6)46-54-94(87)114-74-49-57-100-90(62-74)91-63-77(116-98-55-47-72(111(7,8)9)60-88(98)89-61-73(112(10,11)12)48-56-99(89)116)64-93-107(91)119(100)103-66-102-104(86-40-27-39-85-81-35-19-17-33-79(81)78-32-16-18-34-80(78)82-36-20-25-43-97(82)118(102)106(85)86)108-105(103)113(93)92-53-52-76(115-95-41-23-21-37-83(95)84-38-22-24-42-96(84)115)65-101(92)117(108)75-50-44-68(45-51-75)67-28-14-13-15-29-67/h13-66,88,98,114H,1-12H3/i21D,22D,23D,24D,37D,38D,41D,42D. The first kappa shape index (κ1) is 62.9. The molecule has 2 unspecified atom stereocenters. The highest BCUT2D eigenvalue weighted by Crippen LogP contribution is 2.55. The van der Waals surface area contributed by atoms with Gasteiger partial charge in [0.2, 0.25) is 0 Å². The molecule has 6 nitrogen and oxygen atoms in total. The quantitative estimate of drug-likeness (QED) is 0.161. The molecular formula is C112H93BN6. The number of hydrogen-bond acceptors (Lipinski definition) is 3. The molecule has 1 N–H and O–H groups in total. The monoisotopic (exact) mass is 1540 g/mol. The fraction of sp³-hybridized carbons (Fsp3) is 0.161. The molecule has 3 aliphatic heterocycles. The van der Waals surface area contributed by atoms with Gasteiger partial charge in [-0.3, -0.25) is 0 Å². The zero-order valence-electron chi connectivity index (χ0n) is 77.0. The molecule has 0 saturated carbocycles. The van der Waals surface area contributed by atoms with Crippen LogP contribution in [0.25, 0.3) is 137 Å². The number of fused-ring (bicyclic) bond motifs is 24. The summed E-state index contributed by atoms with van der Waals surface area (Å²) in [4.78, 5) is 5.07. The van der Waals surface area contributed by atoms with E-state index in [-0.39, 0.29) is 67.5 Å². The highest BCUT2D eigenvalue weighted by molar-refractivity contribution is 7.00. The van der Waals surface area contributed by atoms with Crippen LogP contribution < -0.4 is 31.5 Å². The van der Waals surface area contributed by atoms with E-state index >= 15 is 0 Å². The first-order chi connectivity index (χ1) is 60.9. The van der Waals surface area contributed by atoms with Crippen LogP contribution in [0.5, 0.6) is 0 Å². The van der Waals surface area contributed by atoms with E-state index < -0.39 is 43.0 Å². The Bertz CT molecular complexity index is 8150. The predicted molar refractivity (Wildman–Crippen MR) is 510 cm³/mol. The summed E-state index contributed by atoms with van der Waals surface area (Å²) in [6.45, 7) is 27.0. The number of benzene rings is 15. The van der Waals surface area contributed by atoms with Crippen molar-refractivity contribution in [2.24, 2.45) is 5.41 Å². The highest BCUT2D eigenvalue weighted by atomic mass is 15.2. The maximum absolute atomic E-state index is 9.99. The molecule has 1 aliphatic carbocycles. The molecule has 0 saturated heterocycles. The van der Waals surface area contributed by atoms with Gasteiger partial charge in [0, 0.05) is 106 Å². The minimum Gasteiger partial charge on any atom is -0.355 e. The van der Waals surface area contributed by atoms with Crippen LogP contribution in [-0.2, 0) is 16.2 Å². The summed E-state index contributed by atoms with van der Waals surface area (Å²) in [6.07, 6.45) is 7.37. The van der Waals surface area contributed by atoms with Crippen LogP contribution >= 0.6 is 0 Å². The average Bonchev–Trinajstić information content (AvgIpc) is 1.63. The van der Waals surface area contributed by atoms with Crippen molar-refractivity contribution in [1.82, 2.24) is 13.5 Å². The number of para-hydroxylation sites is 4. The van der Waals surface area contributed by atoms with Crippen LogP contribution in [0.3, 0.4) is 0 Å². The van der Waals surface area contributed by atoms with Gasteiger partial charge in [0.1, 0.15) is 0 Å². The normalized spacial score (nSPS) is 16.1. The van der Waals surface area contributed by atoms with Gasteiger partial charge in [0.25, 0.3) is 6.71 Å². The van der Waals surface area contributed by atoms with E-state index in [4.69, 9.17) is 0 Å². The van der Waals surface area contributed by atoms with Crippen LogP contribution in [0.4, 0.5) is 39.8 Å². The van der Waals surface area contributed by atoms with Crippen molar-refractivity contribution in [1.29, 1.82) is 0 Å². The van der Waals surface area contributed by atoms with Crippen molar-refractivity contribution >= 4 is 166 Å². The lowest BCUT2D eigenvalue weighted by atomic mass is 9.33. The van der Waals surface area contributed by atoms with Crippen LogP contribution in [0.2, 0.25) is 0 Å². The number of hydrogen-bond donors (Lipinski definition) is 1. The number of rotatable bonds is 7. The van der Waals surface area contributed by atoms with Gasteiger partial charge < -0.3 is 28.7 Å². The van der Waals surface area contributed by atoms with E-state index in [1.807, 2.05) is 12.1 Å². The summed E-state index contributed by atoms with van der Waals surface area (Å²) in [5.74, 6) is 0.0114. The second-order valence-corrected chi connectivity index (χ2v) is 37.5. The number of aromatic nitrogens is 3. The van der Waals surface area contributed by atoms with Crippen molar-refractivity contribution < 1.29 is 11.0 Å². The van der Waals surface area contributed by atoms with Crippen LogP contribution in [0, 0.1) is 5.41 Å². The van der Waals surface area contributed by atoms with Crippen molar-refractivity contribution in [3.63, 3.8) is 0 Å². The van der Waals surface area contributed by atoms with Crippen molar-refractivity contribution in [3.8, 4) is 33.6 Å². The van der Waals surface area contributed by atoms with Gasteiger partial charge in [-0.25, -0.2) is 0 Å². The Labute approximate surface area is 707 Å². The molecule has 119 heavy (non-hydrogen) atoms. The van der Waals surface area contributed by atoms with Gasteiger partial charge in [0.15, 0.2) is 0 Å². The molecular weight excluding hydrogens is 1440 g/mol. The van der Waals surface area contributed by atoms with Crippen molar-refractivity contribution in [2.45, 2.75) is 111 Å². The number of nitrogens with zero attached hydrogens (tertiary/aromatic N) is 5. The van der Waals surface area contributed by atoms with Gasteiger partial charge in [-0.05, 0) is 201 Å². The minimum absolute atomic E-state index is 0.0114. The van der Waals surface area contributed by atoms with E-state index in [1.54, 1.807) is 4.57 Å². The number of allylic oxidation sites excluding steroid dienone is 2. The Morgan fingerprint density at radius 3 is 1.69 bits per heavy atom. The Morgan fingerprint density at radius 1 is 0.370 bits per heavy atom. The Balaban J connectivity index is 0.904. The first-order valence-electron chi connectivity index (χ1n) is 45.9. The third-order valence-corrected chi connectivity index (χ3v) is 26.3. The van der Waals surface area contributed by atoms with E-state index in [0.29, 0.717) is 5.69 Å². The van der Waals surface area contributed by atoms with Gasteiger partial charge in [0.05, 0.1) is 55.8 Å². The average molecular weight is 1540 g/mol. The summed E-state index contributed by atoms with van der Waals surface area (Å²) < 4.78 is 83.4. The molecule has 0 spiro atoms. The second kappa shape index (κ2) is 25.6. The van der Waals surface area contributed by atoms with E-state index in [0.717, 1.165) is 166 Å². The summed E-state index contributed by atoms with van der Waals surface area (Å²) in [6, 6.07) is 93.1. The topological polar surface area (TPSA) is 32.8 Å². The zero-order valence-corrected chi connectivity index (χ0v) is 69.0. The van der Waals surface area contributed by atoms with E-state index in [1.165, 1.54) is 27.8 Å². The summed E-state index contributed by atoms with van der Waals surface area (Å²) in [7, 11) is 0. The molecule has 15 aromatic carbocycles. The number of nitrogens with one attached hydrogen (secondary N) is 1. The lowest BCUT2D eigenvalue weighted by Gasteiger charge is -2.41. The molecule has 7 heteroatoms. The van der Waals surface area contributed by atoms with E-state index in [2.05, 4.69) is 374 Å². The molecule has 0 bridgehead atoms. The third kappa shape index (κ3) is 10.7. The molecule has 2 atom stereocenters. The lowest BCUT2D eigenvalue weighted by molar-refractivity contribution is 0.507. The van der Waals surface area contributed by atoms with Crippen LogP contribution in [-0.4, -0.2) is 26.3 Å². The Kier molecular flexibility index (Phi) is 13.5. The molecule has 7 heterocycles. The Morgan fingerprint density at radius 2 is 0.975 bits per heavy atom. The molecule has 19 aromatic rings. The second-order valence-electron chi connectivity index (χ2n) is 37.5. The fourth-order valence-corrected chi connectivity index (χ4v) is 20.5. The van der Waals surface area contributed by atoms with Crippen LogP contribution in [0.15, 0.2) is 333 Å². The molecule has 4 aliphatic rings. The zero-order chi connectivity index (χ0) is 87.6. The largest absolute Gasteiger partial charge is 0.355 e. The maximum atomic E-state index is 9.99. The van der Waals surface area contributed by atoms with Gasteiger partial charge in [-0.2, -0.15) is 0 Å². The predicted octanol–water partition coefficient (Wildman–Crippen LogP) is 28.2. The first-order valence-corrected chi connectivity index (χ1v) is 41.9. The SMILES string of the molecule is [2H]c1c([2H])c([2H])c2c(c1[2H])c1c([2H])c([2H])c([2H])c([2H])c1n2-c1ccc2c(c1)N(c1ccc(-c3ccccc3)cc1)c1c3c(cc4c1c1cccc5c6ccccc6c6ccccc6c6ccccc6n4c51)-n1c4ccc(Nc5ccc(C(C)(C)C)cc5-c5cccc(C(C)(C)C)c5)cc4c4cc(N5c6ccc(C(C)(C)C)cc6C6C=C(C(C)(C)C)C=CC65)cc(c41)B23. The number of anilines is 7. The molecule has 0 fully saturated rings. The van der Waals surface area contributed by atoms with Gasteiger partial charge in [-0.1, -0.05) is 313 Å². The van der Waals surface area contributed by atoms with Crippen molar-refractivity contribution in [2.75, 3.05) is 15.1 Å². The van der Waals surface area contributed by atoms with Gasteiger partial charge in [-0.15, -0.1) is 0 Å². The fourth-order valence-electron chi connectivity index (χ4n) is 20.5. The van der Waals surface area contributed by atoms with Crippen LogP contribution in [0.1, 0.15) is 122 Å². The smallest absolute Gasteiger partial charge is 0.252 e. The van der Waals surface area contributed by atoms with E-state index in [9.17, 15) is 11.0 Å². The maximum Gasteiger partial charge on any atom is 0.252 e.